The van der Waals surface area contributed by atoms with Gasteiger partial charge in [0.25, 0.3) is 0 Å². The summed E-state index contributed by atoms with van der Waals surface area (Å²) in [6.45, 7) is 5.96. The quantitative estimate of drug-likeness (QED) is 0.618. The number of rotatable bonds is 5. The van der Waals surface area contributed by atoms with Gasteiger partial charge in [0.2, 0.25) is 5.95 Å². The third-order valence-electron chi connectivity index (χ3n) is 3.89. The number of methoxy groups -OCH3 is 1. The Labute approximate surface area is 158 Å². The predicted octanol–water partition coefficient (Wildman–Crippen LogP) is 5.55. The van der Waals surface area contributed by atoms with Gasteiger partial charge in [-0.25, -0.2) is 4.98 Å². The van der Waals surface area contributed by atoms with Gasteiger partial charge in [-0.05, 0) is 50.1 Å². The van der Waals surface area contributed by atoms with Crippen molar-refractivity contribution in [1.29, 1.82) is 0 Å². The Kier molecular flexibility index (Phi) is 5.28. The van der Waals surface area contributed by atoms with Crippen LogP contribution >= 0.6 is 11.6 Å². The Bertz CT molecular complexity index is 920. The molecule has 0 aliphatic carbocycles. The highest BCUT2D eigenvalue weighted by Crippen LogP contribution is 2.31. The Morgan fingerprint density at radius 1 is 0.962 bits per heavy atom. The molecule has 5 nitrogen and oxygen atoms in total. The van der Waals surface area contributed by atoms with E-state index in [1.54, 1.807) is 7.11 Å². The van der Waals surface area contributed by atoms with Crippen LogP contribution in [0.1, 0.15) is 16.8 Å². The molecule has 0 fully saturated rings. The average molecular weight is 369 g/mol. The van der Waals surface area contributed by atoms with Crippen molar-refractivity contribution in [2.24, 2.45) is 0 Å². The number of para-hydroxylation sites is 2. The van der Waals surface area contributed by atoms with Gasteiger partial charge >= 0.3 is 0 Å². The minimum Gasteiger partial charge on any atom is -0.495 e. The summed E-state index contributed by atoms with van der Waals surface area (Å²) >= 11 is 6.40. The fourth-order valence-corrected chi connectivity index (χ4v) is 3.13. The summed E-state index contributed by atoms with van der Waals surface area (Å²) in [5.74, 6) is 1.88. The number of anilines is 4. The molecule has 2 N–H and O–H groups in total. The van der Waals surface area contributed by atoms with Crippen LogP contribution in [-0.4, -0.2) is 17.1 Å². The number of nitrogens with one attached hydrogen (secondary N) is 2. The summed E-state index contributed by atoms with van der Waals surface area (Å²) in [6, 6.07) is 13.5. The van der Waals surface area contributed by atoms with Crippen molar-refractivity contribution < 1.29 is 4.74 Å². The van der Waals surface area contributed by atoms with Crippen molar-refractivity contribution in [2.75, 3.05) is 17.7 Å². The Morgan fingerprint density at radius 3 is 2.46 bits per heavy atom. The van der Waals surface area contributed by atoms with Crippen molar-refractivity contribution >= 4 is 34.7 Å². The lowest BCUT2D eigenvalue weighted by Gasteiger charge is -2.14. The topological polar surface area (TPSA) is 59.1 Å². The van der Waals surface area contributed by atoms with E-state index in [0.29, 0.717) is 16.8 Å². The first-order chi connectivity index (χ1) is 12.5. The Hall–Kier alpha value is -2.79. The zero-order chi connectivity index (χ0) is 18.7. The van der Waals surface area contributed by atoms with Crippen molar-refractivity contribution in [1.82, 2.24) is 9.97 Å². The largest absolute Gasteiger partial charge is 0.495 e. The van der Waals surface area contributed by atoms with Gasteiger partial charge in [0, 0.05) is 11.8 Å². The smallest absolute Gasteiger partial charge is 0.229 e. The van der Waals surface area contributed by atoms with Gasteiger partial charge in [0.1, 0.15) is 11.6 Å². The van der Waals surface area contributed by atoms with Crippen LogP contribution in [0, 0.1) is 20.8 Å². The molecule has 0 saturated carbocycles. The molecule has 6 heteroatoms. The SMILES string of the molecule is COc1ccccc1Nc1nc(C)cc(Nc2c(C)cc(C)cc2Cl)n1. The lowest BCUT2D eigenvalue weighted by atomic mass is 10.1. The second kappa shape index (κ2) is 7.62. The molecule has 134 valence electrons. The summed E-state index contributed by atoms with van der Waals surface area (Å²) in [5.41, 5.74) is 4.66. The van der Waals surface area contributed by atoms with Gasteiger partial charge in [-0.2, -0.15) is 4.98 Å². The minimum atomic E-state index is 0.484. The van der Waals surface area contributed by atoms with Crippen LogP contribution in [0.5, 0.6) is 5.75 Å². The van der Waals surface area contributed by atoms with E-state index < -0.39 is 0 Å². The number of aryl methyl sites for hydroxylation is 3. The highest BCUT2D eigenvalue weighted by atomic mass is 35.5. The molecule has 1 heterocycles. The molecule has 2 aromatic carbocycles. The number of ether oxygens (including phenoxy) is 1. The molecule has 0 aliphatic heterocycles. The first-order valence-electron chi connectivity index (χ1n) is 8.26. The number of aromatic nitrogens is 2. The van der Waals surface area contributed by atoms with E-state index in [-0.39, 0.29) is 0 Å². The van der Waals surface area contributed by atoms with Gasteiger partial charge < -0.3 is 15.4 Å². The molecule has 0 atom stereocenters. The van der Waals surface area contributed by atoms with E-state index >= 15 is 0 Å². The van der Waals surface area contributed by atoms with Crippen LogP contribution in [0.15, 0.2) is 42.5 Å². The summed E-state index contributed by atoms with van der Waals surface area (Å²) in [5, 5.41) is 7.18. The zero-order valence-corrected chi connectivity index (χ0v) is 16.0. The first kappa shape index (κ1) is 18.0. The minimum absolute atomic E-state index is 0.484. The van der Waals surface area contributed by atoms with Crippen LogP contribution in [0.25, 0.3) is 0 Å². The normalized spacial score (nSPS) is 10.5. The summed E-state index contributed by atoms with van der Waals surface area (Å²) in [7, 11) is 1.63. The molecule has 1 aromatic heterocycles. The average Bonchev–Trinajstić information content (AvgIpc) is 2.58. The summed E-state index contributed by atoms with van der Waals surface area (Å²) in [4.78, 5) is 9.01. The maximum Gasteiger partial charge on any atom is 0.229 e. The first-order valence-corrected chi connectivity index (χ1v) is 8.63. The maximum absolute atomic E-state index is 6.40. The van der Waals surface area contributed by atoms with Crippen LogP contribution in [0.3, 0.4) is 0 Å². The van der Waals surface area contributed by atoms with Gasteiger partial charge in [0.05, 0.1) is 23.5 Å². The van der Waals surface area contributed by atoms with E-state index in [1.807, 2.05) is 57.2 Å². The van der Waals surface area contributed by atoms with Gasteiger partial charge in [0.15, 0.2) is 0 Å². The van der Waals surface area contributed by atoms with E-state index in [2.05, 4.69) is 26.7 Å². The van der Waals surface area contributed by atoms with E-state index in [0.717, 1.165) is 33.9 Å². The summed E-state index contributed by atoms with van der Waals surface area (Å²) in [6.07, 6.45) is 0. The number of nitrogens with zero attached hydrogens (tertiary/aromatic N) is 2. The molecule has 0 unspecified atom stereocenters. The van der Waals surface area contributed by atoms with Crippen LogP contribution in [0.2, 0.25) is 5.02 Å². The molecular weight excluding hydrogens is 348 g/mol. The number of benzene rings is 2. The molecule has 0 bridgehead atoms. The fourth-order valence-electron chi connectivity index (χ4n) is 2.76. The molecule has 0 amide bonds. The van der Waals surface area contributed by atoms with Crippen molar-refractivity contribution in [2.45, 2.75) is 20.8 Å². The standard InChI is InChI=1S/C20H21ClN4O/c1-12-9-13(2)19(15(21)10-12)24-18-11-14(3)22-20(25-18)23-16-7-5-6-8-17(16)26-4/h5-11H,1-4H3,(H2,22,23,24,25). The Balaban J connectivity index is 1.91. The third kappa shape index (κ3) is 4.06. The van der Waals surface area contributed by atoms with Crippen molar-refractivity contribution in [3.05, 3.63) is 64.3 Å². The molecule has 26 heavy (non-hydrogen) atoms. The number of hydrogen-bond acceptors (Lipinski definition) is 5. The second-order valence-corrected chi connectivity index (χ2v) is 6.51. The van der Waals surface area contributed by atoms with Crippen molar-refractivity contribution in [3.63, 3.8) is 0 Å². The highest BCUT2D eigenvalue weighted by molar-refractivity contribution is 6.33. The fraction of sp³-hybridized carbons (Fsp3) is 0.200. The maximum atomic E-state index is 6.40. The number of hydrogen-bond donors (Lipinski definition) is 2. The highest BCUT2D eigenvalue weighted by Gasteiger charge is 2.10. The molecular formula is C20H21ClN4O. The molecule has 3 aromatic rings. The lowest BCUT2D eigenvalue weighted by Crippen LogP contribution is -2.04. The van der Waals surface area contributed by atoms with E-state index in [4.69, 9.17) is 16.3 Å². The van der Waals surface area contributed by atoms with Crippen LogP contribution in [0.4, 0.5) is 23.1 Å². The molecule has 0 spiro atoms. The van der Waals surface area contributed by atoms with Gasteiger partial charge in [-0.3, -0.25) is 0 Å². The monoisotopic (exact) mass is 368 g/mol. The van der Waals surface area contributed by atoms with Crippen LogP contribution in [-0.2, 0) is 0 Å². The third-order valence-corrected chi connectivity index (χ3v) is 4.19. The van der Waals surface area contributed by atoms with Crippen molar-refractivity contribution in [3.8, 4) is 5.75 Å². The Morgan fingerprint density at radius 2 is 1.73 bits per heavy atom. The molecule has 3 rings (SSSR count). The van der Waals surface area contributed by atoms with Crippen LogP contribution < -0.4 is 15.4 Å². The summed E-state index contributed by atoms with van der Waals surface area (Å²) < 4.78 is 5.37. The molecule has 0 saturated heterocycles. The van der Waals surface area contributed by atoms with Gasteiger partial charge in [-0.15, -0.1) is 0 Å². The molecule has 0 radical (unpaired) electrons. The van der Waals surface area contributed by atoms with E-state index in [1.165, 1.54) is 0 Å². The van der Waals surface area contributed by atoms with Gasteiger partial charge in [-0.1, -0.05) is 29.8 Å². The predicted molar refractivity (Wildman–Crippen MR) is 107 cm³/mol. The lowest BCUT2D eigenvalue weighted by molar-refractivity contribution is 0.417. The second-order valence-electron chi connectivity index (χ2n) is 6.11. The molecule has 0 aliphatic rings. The number of halogens is 1. The van der Waals surface area contributed by atoms with E-state index in [9.17, 15) is 0 Å². The zero-order valence-electron chi connectivity index (χ0n) is 15.2.